The summed E-state index contributed by atoms with van der Waals surface area (Å²) in [7, 11) is 0. The Bertz CT molecular complexity index is 1020. The number of hydrogen-bond acceptors (Lipinski definition) is 7. The molecule has 0 heterocycles. The molecule has 0 spiro atoms. The molecule has 2 aromatic carbocycles. The summed E-state index contributed by atoms with van der Waals surface area (Å²) in [4.78, 5) is 49.6. The van der Waals surface area contributed by atoms with Crippen LogP contribution < -0.4 is 5.32 Å². The fourth-order valence-electron chi connectivity index (χ4n) is 2.70. The van der Waals surface area contributed by atoms with Crippen molar-refractivity contribution < 1.29 is 33.4 Å². The zero-order chi connectivity index (χ0) is 25.3. The molecule has 0 fully saturated rings. The molecule has 1 amide bonds. The summed E-state index contributed by atoms with van der Waals surface area (Å²) in [6.07, 6.45) is -1.41. The molecule has 182 valence electrons. The third-order valence-electron chi connectivity index (χ3n) is 4.20. The van der Waals surface area contributed by atoms with E-state index in [1.807, 2.05) is 6.07 Å². The minimum atomic E-state index is -1.35. The van der Waals surface area contributed by atoms with Crippen LogP contribution in [0, 0.1) is 0 Å². The number of alkyl carbamates (subject to hydrolysis) is 1. The van der Waals surface area contributed by atoms with Gasteiger partial charge < -0.3 is 19.5 Å². The highest BCUT2D eigenvalue weighted by Crippen LogP contribution is 2.25. The Morgan fingerprint density at radius 3 is 2.12 bits per heavy atom. The molecule has 2 rings (SSSR count). The van der Waals surface area contributed by atoms with Crippen molar-refractivity contribution in [3.05, 3.63) is 69.7 Å². The van der Waals surface area contributed by atoms with Crippen LogP contribution in [0.25, 0.3) is 0 Å². The Morgan fingerprint density at radius 1 is 0.912 bits per heavy atom. The van der Waals surface area contributed by atoms with Gasteiger partial charge in [0.2, 0.25) is 0 Å². The molecule has 0 aliphatic rings. The molecule has 1 N–H and O–H groups in total. The van der Waals surface area contributed by atoms with Gasteiger partial charge in [-0.25, -0.2) is 9.59 Å². The van der Waals surface area contributed by atoms with E-state index in [0.29, 0.717) is 0 Å². The van der Waals surface area contributed by atoms with E-state index in [0.717, 1.165) is 5.56 Å². The lowest BCUT2D eigenvalue weighted by atomic mass is 10.1. The summed E-state index contributed by atoms with van der Waals surface area (Å²) in [5.41, 5.74) is -0.165. The fraction of sp³-hybridized carbons (Fsp3) is 0.333. The summed E-state index contributed by atoms with van der Waals surface area (Å²) >= 11 is 12.0. The number of esters is 2. The van der Waals surface area contributed by atoms with Crippen molar-refractivity contribution in [2.24, 2.45) is 0 Å². The van der Waals surface area contributed by atoms with Gasteiger partial charge in [-0.3, -0.25) is 9.59 Å². The van der Waals surface area contributed by atoms with E-state index in [9.17, 15) is 19.2 Å². The van der Waals surface area contributed by atoms with E-state index in [4.69, 9.17) is 37.4 Å². The summed E-state index contributed by atoms with van der Waals surface area (Å²) in [6, 6.07) is 12.0. The Kier molecular flexibility index (Phi) is 9.89. The third kappa shape index (κ3) is 9.03. The van der Waals surface area contributed by atoms with Crippen molar-refractivity contribution in [3.8, 4) is 0 Å². The second-order valence-electron chi connectivity index (χ2n) is 8.19. The van der Waals surface area contributed by atoms with Crippen LogP contribution >= 0.6 is 23.2 Å². The topological polar surface area (TPSA) is 108 Å². The molecule has 0 aliphatic heterocycles. The number of carbonyl (C=O) groups excluding carboxylic acids is 4. The molecule has 0 aromatic heterocycles. The van der Waals surface area contributed by atoms with Crippen molar-refractivity contribution in [1.29, 1.82) is 0 Å². The predicted molar refractivity (Wildman–Crippen MR) is 126 cm³/mol. The number of halogens is 2. The van der Waals surface area contributed by atoms with Gasteiger partial charge in [-0.2, -0.15) is 0 Å². The summed E-state index contributed by atoms with van der Waals surface area (Å²) in [6.45, 7) is 4.21. The lowest BCUT2D eigenvalue weighted by Gasteiger charge is -2.22. The largest absolute Gasteiger partial charge is 0.460 e. The Hall–Kier alpha value is -3.10. The maximum atomic E-state index is 12.7. The third-order valence-corrected chi connectivity index (χ3v) is 4.83. The van der Waals surface area contributed by atoms with Gasteiger partial charge in [0.15, 0.2) is 12.4 Å². The zero-order valence-corrected chi connectivity index (χ0v) is 20.4. The van der Waals surface area contributed by atoms with E-state index < -0.39 is 48.5 Å². The highest BCUT2D eigenvalue weighted by Gasteiger charge is 2.29. The first kappa shape index (κ1) is 27.1. The highest BCUT2D eigenvalue weighted by atomic mass is 35.5. The number of nitrogens with one attached hydrogen (secondary N) is 1. The molecule has 0 aliphatic carbocycles. The maximum absolute atomic E-state index is 12.7. The lowest BCUT2D eigenvalue weighted by molar-refractivity contribution is -0.156. The molecule has 0 unspecified atom stereocenters. The Balaban J connectivity index is 2.04. The van der Waals surface area contributed by atoms with Crippen LogP contribution in [-0.2, 0) is 30.4 Å². The van der Waals surface area contributed by atoms with Gasteiger partial charge in [-0.15, -0.1) is 0 Å². The second kappa shape index (κ2) is 12.4. The molecule has 1 atom stereocenters. The minimum Gasteiger partial charge on any atom is -0.460 e. The lowest BCUT2D eigenvalue weighted by Crippen LogP contribution is -2.45. The van der Waals surface area contributed by atoms with E-state index in [2.05, 4.69) is 5.32 Å². The van der Waals surface area contributed by atoms with Crippen LogP contribution in [-0.4, -0.2) is 42.1 Å². The van der Waals surface area contributed by atoms with Gasteiger partial charge in [0.05, 0.1) is 22.0 Å². The number of rotatable bonds is 9. The van der Waals surface area contributed by atoms with Crippen LogP contribution in [0.2, 0.25) is 10.0 Å². The van der Waals surface area contributed by atoms with E-state index in [1.165, 1.54) is 12.1 Å². The first-order valence-electron chi connectivity index (χ1n) is 10.3. The van der Waals surface area contributed by atoms with Gasteiger partial charge in [0.1, 0.15) is 18.2 Å². The number of carbonyl (C=O) groups is 4. The van der Waals surface area contributed by atoms with Crippen LogP contribution in [0.3, 0.4) is 0 Å². The van der Waals surface area contributed by atoms with Gasteiger partial charge >= 0.3 is 18.0 Å². The number of ketones is 1. The fourth-order valence-corrected chi connectivity index (χ4v) is 3.26. The van der Waals surface area contributed by atoms with Crippen molar-refractivity contribution in [2.75, 3.05) is 6.61 Å². The normalized spacial score (nSPS) is 11.8. The number of hydrogen-bond donors (Lipinski definition) is 1. The van der Waals surface area contributed by atoms with Crippen molar-refractivity contribution >= 4 is 47.0 Å². The highest BCUT2D eigenvalue weighted by molar-refractivity contribution is 6.39. The van der Waals surface area contributed by atoms with E-state index in [-0.39, 0.29) is 22.2 Å². The summed E-state index contributed by atoms with van der Waals surface area (Å²) in [5, 5.41) is 2.44. The average molecular weight is 510 g/mol. The zero-order valence-electron chi connectivity index (χ0n) is 18.9. The number of benzene rings is 2. The van der Waals surface area contributed by atoms with E-state index in [1.54, 1.807) is 51.1 Å². The summed E-state index contributed by atoms with van der Waals surface area (Å²) < 4.78 is 15.4. The molecule has 0 saturated heterocycles. The number of ether oxygens (including phenoxy) is 3. The summed E-state index contributed by atoms with van der Waals surface area (Å²) in [5.74, 6) is -2.40. The Morgan fingerprint density at radius 2 is 1.53 bits per heavy atom. The Labute approximate surface area is 207 Å². The first-order chi connectivity index (χ1) is 16.0. The average Bonchev–Trinajstić information content (AvgIpc) is 2.75. The standard InChI is InChI=1S/C24H25Cl2NO7/c1-24(2,3)34-20(29)12-18(27-23(31)33-13-15-8-5-4-6-9-15)19(28)14-32-22(30)21-16(25)10-7-11-17(21)26/h4-11,18H,12-14H2,1-3H3,(H,27,31)/t18-/m0/s1. The smallest absolute Gasteiger partial charge is 0.408 e. The number of amides is 1. The van der Waals surface area contributed by atoms with Gasteiger partial charge in [0, 0.05) is 0 Å². The molecule has 0 bridgehead atoms. The second-order valence-corrected chi connectivity index (χ2v) is 9.00. The van der Waals surface area contributed by atoms with Crippen LogP contribution in [0.4, 0.5) is 4.79 Å². The molecular formula is C24H25Cl2NO7. The van der Waals surface area contributed by atoms with Crippen LogP contribution in [0.5, 0.6) is 0 Å². The van der Waals surface area contributed by atoms with Crippen molar-refractivity contribution in [2.45, 2.75) is 45.4 Å². The van der Waals surface area contributed by atoms with Crippen LogP contribution in [0.15, 0.2) is 48.5 Å². The molecule has 2 aromatic rings. The van der Waals surface area contributed by atoms with Gasteiger partial charge in [-0.1, -0.05) is 59.6 Å². The molecule has 0 radical (unpaired) electrons. The van der Waals surface area contributed by atoms with Gasteiger partial charge in [0.25, 0.3) is 0 Å². The maximum Gasteiger partial charge on any atom is 0.408 e. The van der Waals surface area contributed by atoms with Crippen molar-refractivity contribution in [3.63, 3.8) is 0 Å². The first-order valence-corrected chi connectivity index (χ1v) is 11.0. The van der Waals surface area contributed by atoms with Crippen LogP contribution in [0.1, 0.15) is 43.1 Å². The molecule has 34 heavy (non-hydrogen) atoms. The predicted octanol–water partition coefficient (Wildman–Crippen LogP) is 4.75. The van der Waals surface area contributed by atoms with Gasteiger partial charge in [-0.05, 0) is 38.5 Å². The molecule has 10 heteroatoms. The van der Waals surface area contributed by atoms with Crippen molar-refractivity contribution in [1.82, 2.24) is 5.32 Å². The molecule has 8 nitrogen and oxygen atoms in total. The van der Waals surface area contributed by atoms with E-state index >= 15 is 0 Å². The monoisotopic (exact) mass is 509 g/mol. The molecule has 0 saturated carbocycles. The number of Topliss-reactive ketones (excluding diaryl/α,β-unsaturated/α-hetero) is 1. The SMILES string of the molecule is CC(C)(C)OC(=O)C[C@H](NC(=O)OCc1ccccc1)C(=O)COC(=O)c1c(Cl)cccc1Cl. The minimum absolute atomic E-state index is 0.0417. The quantitative estimate of drug-likeness (QED) is 0.383. The molecular weight excluding hydrogens is 485 g/mol.